The minimum atomic E-state index is -0.166. The number of hydrogen-bond donors (Lipinski definition) is 1. The highest BCUT2D eigenvalue weighted by molar-refractivity contribution is 7.99. The number of rotatable bonds is 6. The largest absolute Gasteiger partial charge is 0.323 e. The van der Waals surface area contributed by atoms with Crippen molar-refractivity contribution in [2.75, 3.05) is 11.5 Å². The average molecular weight is 270 g/mol. The Morgan fingerprint density at radius 3 is 2.61 bits per heavy atom. The van der Waals surface area contributed by atoms with Crippen LogP contribution >= 0.6 is 11.8 Å². The van der Waals surface area contributed by atoms with Gasteiger partial charge in [0.1, 0.15) is 0 Å². The molecule has 0 aromatic carbocycles. The molecule has 2 rings (SSSR count). The van der Waals surface area contributed by atoms with Gasteiger partial charge in [-0.1, -0.05) is 20.8 Å². The maximum Gasteiger partial charge on any atom is 0.244 e. The monoisotopic (exact) mass is 270 g/mol. The first-order chi connectivity index (χ1) is 8.52. The molecule has 1 aliphatic carbocycles. The third kappa shape index (κ3) is 2.55. The highest BCUT2D eigenvalue weighted by Gasteiger charge is 2.60. The standard InChI is InChI=1S/C14H26N2OS/c1-5-18-9-6-11(4)16-12(10(2)3)15-14(7-8-14)13(16)17/h10-12,15H,5-9H2,1-4H3. The minimum absolute atomic E-state index is 0.166. The normalized spacial score (nSPS) is 27.3. The number of thioether (sulfide) groups is 1. The molecule has 0 bridgehead atoms. The van der Waals surface area contributed by atoms with E-state index in [1.807, 2.05) is 11.8 Å². The number of carbonyl (C=O) groups is 1. The molecule has 1 saturated heterocycles. The van der Waals surface area contributed by atoms with E-state index in [2.05, 4.69) is 37.9 Å². The first-order valence-electron chi connectivity index (χ1n) is 7.20. The summed E-state index contributed by atoms with van der Waals surface area (Å²) in [6.45, 7) is 8.79. The van der Waals surface area contributed by atoms with Crippen LogP contribution in [-0.2, 0) is 4.79 Å². The smallest absolute Gasteiger partial charge is 0.244 e. The summed E-state index contributed by atoms with van der Waals surface area (Å²) in [5, 5.41) is 3.58. The van der Waals surface area contributed by atoms with Gasteiger partial charge in [0.2, 0.25) is 5.91 Å². The van der Waals surface area contributed by atoms with Crippen molar-refractivity contribution in [1.82, 2.24) is 10.2 Å². The molecule has 2 unspecified atom stereocenters. The number of hydrogen-bond acceptors (Lipinski definition) is 3. The van der Waals surface area contributed by atoms with Gasteiger partial charge in [0, 0.05) is 6.04 Å². The summed E-state index contributed by atoms with van der Waals surface area (Å²) in [7, 11) is 0. The summed E-state index contributed by atoms with van der Waals surface area (Å²) >= 11 is 1.96. The Labute approximate surface area is 115 Å². The molecule has 2 fully saturated rings. The van der Waals surface area contributed by atoms with E-state index in [0.717, 1.165) is 30.8 Å². The van der Waals surface area contributed by atoms with Gasteiger partial charge >= 0.3 is 0 Å². The van der Waals surface area contributed by atoms with E-state index in [1.54, 1.807) is 0 Å². The summed E-state index contributed by atoms with van der Waals surface area (Å²) in [4.78, 5) is 14.7. The third-order valence-corrected chi connectivity index (χ3v) is 5.04. The first kappa shape index (κ1) is 14.2. The molecule has 2 atom stereocenters. The van der Waals surface area contributed by atoms with E-state index < -0.39 is 0 Å². The molecule has 3 nitrogen and oxygen atoms in total. The van der Waals surface area contributed by atoms with Crippen molar-refractivity contribution in [2.45, 2.75) is 64.7 Å². The topological polar surface area (TPSA) is 32.3 Å². The maximum atomic E-state index is 12.5. The lowest BCUT2D eigenvalue weighted by Gasteiger charge is -2.32. The number of nitrogens with one attached hydrogen (secondary N) is 1. The van der Waals surface area contributed by atoms with Crippen molar-refractivity contribution in [3.05, 3.63) is 0 Å². The Kier molecular flexibility index (Phi) is 4.27. The zero-order valence-corrected chi connectivity index (χ0v) is 12.8. The molecule has 104 valence electrons. The lowest BCUT2D eigenvalue weighted by atomic mass is 10.1. The van der Waals surface area contributed by atoms with Gasteiger partial charge in [-0.25, -0.2) is 0 Å². The van der Waals surface area contributed by atoms with E-state index in [9.17, 15) is 4.79 Å². The summed E-state index contributed by atoms with van der Waals surface area (Å²) in [5.41, 5.74) is -0.166. The van der Waals surface area contributed by atoms with Crippen LogP contribution in [0.4, 0.5) is 0 Å². The van der Waals surface area contributed by atoms with Crippen LogP contribution in [-0.4, -0.2) is 40.1 Å². The Hall–Kier alpha value is -0.220. The number of carbonyl (C=O) groups excluding carboxylic acids is 1. The molecule has 0 radical (unpaired) electrons. The van der Waals surface area contributed by atoms with Gasteiger partial charge in [0.15, 0.2) is 0 Å². The summed E-state index contributed by atoms with van der Waals surface area (Å²) < 4.78 is 0. The van der Waals surface area contributed by atoms with E-state index in [-0.39, 0.29) is 11.7 Å². The summed E-state index contributed by atoms with van der Waals surface area (Å²) in [6, 6.07) is 0.358. The maximum absolute atomic E-state index is 12.5. The fraction of sp³-hybridized carbons (Fsp3) is 0.929. The van der Waals surface area contributed by atoms with E-state index in [1.165, 1.54) is 0 Å². The van der Waals surface area contributed by atoms with E-state index in [0.29, 0.717) is 17.9 Å². The highest BCUT2D eigenvalue weighted by atomic mass is 32.2. The summed E-state index contributed by atoms with van der Waals surface area (Å²) in [6.07, 6.45) is 3.40. The molecule has 2 aliphatic rings. The van der Waals surface area contributed by atoms with Crippen molar-refractivity contribution in [3.8, 4) is 0 Å². The SMILES string of the molecule is CCSCCC(C)N1C(=O)C2(CC2)NC1C(C)C. The molecular formula is C14H26N2OS. The van der Waals surface area contributed by atoms with Crippen molar-refractivity contribution in [3.63, 3.8) is 0 Å². The second kappa shape index (κ2) is 5.41. The lowest BCUT2D eigenvalue weighted by molar-refractivity contribution is -0.133. The average Bonchev–Trinajstić information content (AvgIpc) is 3.02. The Balaban J connectivity index is 2.01. The molecule has 0 aromatic heterocycles. The molecule has 1 saturated carbocycles. The van der Waals surface area contributed by atoms with Crippen LogP contribution in [0.3, 0.4) is 0 Å². The quantitative estimate of drug-likeness (QED) is 0.753. The Morgan fingerprint density at radius 1 is 1.44 bits per heavy atom. The van der Waals surface area contributed by atoms with Gasteiger partial charge in [0.25, 0.3) is 0 Å². The molecular weight excluding hydrogens is 244 g/mol. The predicted molar refractivity (Wildman–Crippen MR) is 77.7 cm³/mol. The van der Waals surface area contributed by atoms with E-state index in [4.69, 9.17) is 0 Å². The van der Waals surface area contributed by atoms with E-state index >= 15 is 0 Å². The second-order valence-corrected chi connectivity index (χ2v) is 7.36. The van der Waals surface area contributed by atoms with Crippen LogP contribution in [0.25, 0.3) is 0 Å². The van der Waals surface area contributed by atoms with Crippen LogP contribution in [0, 0.1) is 5.92 Å². The predicted octanol–water partition coefficient (Wildman–Crippen LogP) is 2.46. The van der Waals surface area contributed by atoms with Crippen LogP contribution in [0.2, 0.25) is 0 Å². The first-order valence-corrected chi connectivity index (χ1v) is 8.35. The van der Waals surface area contributed by atoms with Gasteiger partial charge in [-0.2, -0.15) is 11.8 Å². The zero-order chi connectivity index (χ0) is 13.3. The molecule has 1 heterocycles. The second-order valence-electron chi connectivity index (χ2n) is 5.96. The minimum Gasteiger partial charge on any atom is -0.323 e. The molecule has 0 aromatic rings. The number of nitrogens with zero attached hydrogens (tertiary/aromatic N) is 1. The van der Waals surface area contributed by atoms with Crippen LogP contribution in [0.1, 0.15) is 47.0 Å². The van der Waals surface area contributed by atoms with Crippen LogP contribution in [0.15, 0.2) is 0 Å². The van der Waals surface area contributed by atoms with Gasteiger partial charge in [-0.15, -0.1) is 0 Å². The molecule has 1 N–H and O–H groups in total. The van der Waals surface area contributed by atoms with Crippen molar-refractivity contribution >= 4 is 17.7 Å². The lowest BCUT2D eigenvalue weighted by Crippen LogP contribution is -2.46. The van der Waals surface area contributed by atoms with Gasteiger partial charge in [-0.3, -0.25) is 10.1 Å². The molecule has 4 heteroatoms. The Bertz CT molecular complexity index is 315. The fourth-order valence-corrected chi connectivity index (χ4v) is 3.57. The Morgan fingerprint density at radius 2 is 2.11 bits per heavy atom. The fourth-order valence-electron chi connectivity index (χ4n) is 2.77. The van der Waals surface area contributed by atoms with Gasteiger partial charge in [-0.05, 0) is 43.6 Å². The zero-order valence-electron chi connectivity index (χ0n) is 12.0. The molecule has 1 spiro atoms. The van der Waals surface area contributed by atoms with Crippen LogP contribution in [0.5, 0.6) is 0 Å². The molecule has 18 heavy (non-hydrogen) atoms. The van der Waals surface area contributed by atoms with Crippen LogP contribution < -0.4 is 5.32 Å². The molecule has 1 aliphatic heterocycles. The van der Waals surface area contributed by atoms with Crippen molar-refractivity contribution in [2.24, 2.45) is 5.92 Å². The van der Waals surface area contributed by atoms with Crippen molar-refractivity contribution in [1.29, 1.82) is 0 Å². The third-order valence-electron chi connectivity index (χ3n) is 4.11. The molecule has 1 amide bonds. The van der Waals surface area contributed by atoms with Gasteiger partial charge in [0.05, 0.1) is 11.7 Å². The van der Waals surface area contributed by atoms with Crippen molar-refractivity contribution < 1.29 is 4.79 Å². The number of amides is 1. The highest BCUT2D eigenvalue weighted by Crippen LogP contribution is 2.44. The van der Waals surface area contributed by atoms with Gasteiger partial charge < -0.3 is 4.90 Å². The summed E-state index contributed by atoms with van der Waals surface area (Å²) in [5.74, 6) is 3.15.